The normalized spacial score (nSPS) is 15.8. The van der Waals surface area contributed by atoms with Crippen molar-refractivity contribution in [3.63, 3.8) is 0 Å². The van der Waals surface area contributed by atoms with Crippen LogP contribution in [-0.2, 0) is 0 Å². The minimum absolute atomic E-state index is 0.339. The number of ether oxygens (including phenoxy) is 2. The third-order valence-corrected chi connectivity index (χ3v) is 3.13. The van der Waals surface area contributed by atoms with Gasteiger partial charge in [-0.25, -0.2) is 0 Å². The van der Waals surface area contributed by atoms with Gasteiger partial charge in [0.25, 0.3) is 0 Å². The number of para-hydroxylation sites is 1. The van der Waals surface area contributed by atoms with Crippen LogP contribution in [0, 0.1) is 5.92 Å². The summed E-state index contributed by atoms with van der Waals surface area (Å²) >= 11 is 0. The second-order valence-corrected chi connectivity index (χ2v) is 5.11. The third kappa shape index (κ3) is 2.96. The van der Waals surface area contributed by atoms with Crippen molar-refractivity contribution in [3.05, 3.63) is 23.8 Å². The molecular weight excluding hydrogens is 226 g/mol. The Morgan fingerprint density at radius 3 is 2.72 bits per heavy atom. The maximum Gasteiger partial charge on any atom is 0.166 e. The summed E-state index contributed by atoms with van der Waals surface area (Å²) < 4.78 is 11.4. The summed E-state index contributed by atoms with van der Waals surface area (Å²) in [4.78, 5) is 0. The van der Waals surface area contributed by atoms with Crippen molar-refractivity contribution in [3.8, 4) is 11.5 Å². The van der Waals surface area contributed by atoms with Gasteiger partial charge >= 0.3 is 0 Å². The lowest BCUT2D eigenvalue weighted by Gasteiger charge is -2.26. The van der Waals surface area contributed by atoms with Gasteiger partial charge in [-0.3, -0.25) is 0 Å². The molecular formula is C15H23NO2. The topological polar surface area (TPSA) is 30.5 Å². The van der Waals surface area contributed by atoms with Crippen LogP contribution in [0.1, 0.15) is 38.8 Å². The summed E-state index contributed by atoms with van der Waals surface area (Å²) in [6.07, 6.45) is 1.10. The molecule has 1 atom stereocenters. The van der Waals surface area contributed by atoms with Gasteiger partial charge < -0.3 is 14.8 Å². The van der Waals surface area contributed by atoms with E-state index in [0.717, 1.165) is 24.5 Å². The zero-order valence-electron chi connectivity index (χ0n) is 11.5. The summed E-state index contributed by atoms with van der Waals surface area (Å²) in [5, 5.41) is 3.54. The van der Waals surface area contributed by atoms with Crippen molar-refractivity contribution in [1.29, 1.82) is 0 Å². The average Bonchev–Trinajstić information content (AvgIpc) is 2.37. The number of rotatable bonds is 5. The summed E-state index contributed by atoms with van der Waals surface area (Å²) in [7, 11) is 0. The largest absolute Gasteiger partial charge is 0.486 e. The van der Waals surface area contributed by atoms with Crippen LogP contribution in [-0.4, -0.2) is 19.8 Å². The van der Waals surface area contributed by atoms with E-state index < -0.39 is 0 Å². The number of hydrogen-bond acceptors (Lipinski definition) is 3. The van der Waals surface area contributed by atoms with E-state index >= 15 is 0 Å². The molecule has 1 aliphatic heterocycles. The molecule has 3 nitrogen and oxygen atoms in total. The highest BCUT2D eigenvalue weighted by molar-refractivity contribution is 5.48. The fourth-order valence-corrected chi connectivity index (χ4v) is 2.41. The van der Waals surface area contributed by atoms with E-state index in [-0.39, 0.29) is 0 Å². The van der Waals surface area contributed by atoms with Gasteiger partial charge in [0.1, 0.15) is 13.2 Å². The highest BCUT2D eigenvalue weighted by Gasteiger charge is 2.22. The van der Waals surface area contributed by atoms with Gasteiger partial charge in [0.2, 0.25) is 0 Å². The first kappa shape index (κ1) is 13.2. The molecule has 0 aromatic heterocycles. The molecule has 0 bridgehead atoms. The molecule has 0 fully saturated rings. The molecule has 0 amide bonds. The zero-order chi connectivity index (χ0) is 13.0. The molecule has 0 saturated heterocycles. The predicted octanol–water partition coefficient (Wildman–Crippen LogP) is 3.15. The maximum atomic E-state index is 5.80. The summed E-state index contributed by atoms with van der Waals surface area (Å²) in [6.45, 7) is 8.88. The minimum atomic E-state index is 0.339. The number of benzene rings is 1. The molecule has 3 heteroatoms. The quantitative estimate of drug-likeness (QED) is 0.869. The molecule has 100 valence electrons. The van der Waals surface area contributed by atoms with E-state index in [0.29, 0.717) is 25.2 Å². The lowest BCUT2D eigenvalue weighted by atomic mass is 9.96. The Hall–Kier alpha value is -1.22. The van der Waals surface area contributed by atoms with Gasteiger partial charge in [-0.2, -0.15) is 0 Å². The molecule has 0 radical (unpaired) electrons. The molecule has 1 aromatic carbocycles. The van der Waals surface area contributed by atoms with Crippen molar-refractivity contribution in [2.45, 2.75) is 33.2 Å². The van der Waals surface area contributed by atoms with Crippen LogP contribution < -0.4 is 14.8 Å². The Morgan fingerprint density at radius 1 is 1.22 bits per heavy atom. The Labute approximate surface area is 109 Å². The minimum Gasteiger partial charge on any atom is -0.486 e. The smallest absolute Gasteiger partial charge is 0.166 e. The molecule has 1 aromatic rings. The number of nitrogens with one attached hydrogen (secondary N) is 1. The molecule has 1 heterocycles. The van der Waals surface area contributed by atoms with Gasteiger partial charge in [-0.05, 0) is 24.9 Å². The van der Waals surface area contributed by atoms with Crippen LogP contribution in [0.2, 0.25) is 0 Å². The van der Waals surface area contributed by atoms with Gasteiger partial charge in [-0.1, -0.05) is 32.9 Å². The van der Waals surface area contributed by atoms with Crippen molar-refractivity contribution >= 4 is 0 Å². The molecule has 1 N–H and O–H groups in total. The van der Waals surface area contributed by atoms with E-state index in [1.165, 1.54) is 5.56 Å². The monoisotopic (exact) mass is 249 g/mol. The molecule has 0 spiro atoms. The van der Waals surface area contributed by atoms with Crippen molar-refractivity contribution in [1.82, 2.24) is 5.32 Å². The Balaban J connectivity index is 2.28. The van der Waals surface area contributed by atoms with E-state index in [4.69, 9.17) is 9.47 Å². The zero-order valence-corrected chi connectivity index (χ0v) is 11.5. The van der Waals surface area contributed by atoms with Gasteiger partial charge in [0.05, 0.1) is 0 Å². The van der Waals surface area contributed by atoms with Gasteiger partial charge in [0.15, 0.2) is 11.5 Å². The summed E-state index contributed by atoms with van der Waals surface area (Å²) in [5.41, 5.74) is 1.22. The van der Waals surface area contributed by atoms with E-state index in [9.17, 15) is 0 Å². The van der Waals surface area contributed by atoms with E-state index in [1.807, 2.05) is 12.1 Å². The van der Waals surface area contributed by atoms with Gasteiger partial charge in [0, 0.05) is 11.6 Å². The van der Waals surface area contributed by atoms with Crippen molar-refractivity contribution < 1.29 is 9.47 Å². The van der Waals surface area contributed by atoms with Crippen LogP contribution in [0.4, 0.5) is 0 Å². The first-order valence-electron chi connectivity index (χ1n) is 6.84. The average molecular weight is 249 g/mol. The highest BCUT2D eigenvalue weighted by Crippen LogP contribution is 2.38. The summed E-state index contributed by atoms with van der Waals surface area (Å²) in [6, 6.07) is 6.51. The SMILES string of the molecule is CCNC(CC(C)C)c1cccc2c1OCCO2. The standard InChI is InChI=1S/C15H23NO2/c1-4-16-13(10-11(2)3)12-6-5-7-14-15(12)18-9-8-17-14/h5-7,11,13,16H,4,8-10H2,1-3H3. The second-order valence-electron chi connectivity index (χ2n) is 5.11. The van der Waals surface area contributed by atoms with Crippen LogP contribution in [0.25, 0.3) is 0 Å². The van der Waals surface area contributed by atoms with Crippen molar-refractivity contribution in [2.75, 3.05) is 19.8 Å². The lowest BCUT2D eigenvalue weighted by molar-refractivity contribution is 0.168. The Bertz CT molecular complexity index is 390. The van der Waals surface area contributed by atoms with E-state index in [2.05, 4.69) is 32.2 Å². The van der Waals surface area contributed by atoms with E-state index in [1.54, 1.807) is 0 Å². The molecule has 18 heavy (non-hydrogen) atoms. The van der Waals surface area contributed by atoms with Crippen LogP contribution in [0.5, 0.6) is 11.5 Å². The number of hydrogen-bond donors (Lipinski definition) is 1. The first-order valence-corrected chi connectivity index (χ1v) is 6.84. The lowest BCUT2D eigenvalue weighted by Crippen LogP contribution is -2.25. The van der Waals surface area contributed by atoms with Crippen LogP contribution in [0.15, 0.2) is 18.2 Å². The second kappa shape index (κ2) is 6.10. The molecule has 1 aliphatic rings. The fourth-order valence-electron chi connectivity index (χ4n) is 2.41. The van der Waals surface area contributed by atoms with Crippen LogP contribution in [0.3, 0.4) is 0 Å². The fraction of sp³-hybridized carbons (Fsp3) is 0.600. The molecule has 1 unspecified atom stereocenters. The van der Waals surface area contributed by atoms with Gasteiger partial charge in [-0.15, -0.1) is 0 Å². The Kier molecular flexibility index (Phi) is 4.48. The maximum absolute atomic E-state index is 5.80. The molecule has 0 aliphatic carbocycles. The summed E-state index contributed by atoms with van der Waals surface area (Å²) in [5.74, 6) is 2.45. The first-order chi connectivity index (χ1) is 8.72. The molecule has 2 rings (SSSR count). The predicted molar refractivity (Wildman–Crippen MR) is 73.3 cm³/mol. The van der Waals surface area contributed by atoms with Crippen LogP contribution >= 0.6 is 0 Å². The molecule has 0 saturated carbocycles. The van der Waals surface area contributed by atoms with Crippen molar-refractivity contribution in [2.24, 2.45) is 5.92 Å². The highest BCUT2D eigenvalue weighted by atomic mass is 16.6. The number of fused-ring (bicyclic) bond motifs is 1. The Morgan fingerprint density at radius 2 is 2.00 bits per heavy atom. The third-order valence-electron chi connectivity index (χ3n) is 3.13.